The third-order valence-electron chi connectivity index (χ3n) is 10.2. The zero-order chi connectivity index (χ0) is 28.8. The lowest BCUT2D eigenvalue weighted by Crippen LogP contribution is -2.57. The predicted octanol–water partition coefficient (Wildman–Crippen LogP) is 5.83. The number of rotatable bonds is 9. The van der Waals surface area contributed by atoms with Crippen molar-refractivity contribution in [2.75, 3.05) is 46.9 Å². The topological polar surface area (TPSA) is 67.2 Å². The number of hydrogen-bond acceptors (Lipinski definition) is 8. The van der Waals surface area contributed by atoms with Crippen molar-refractivity contribution in [2.45, 2.75) is 51.0 Å². The third-order valence-corrected chi connectivity index (χ3v) is 11.5. The van der Waals surface area contributed by atoms with Crippen molar-refractivity contribution in [3.05, 3.63) is 40.5 Å². The lowest BCUT2D eigenvalue weighted by molar-refractivity contribution is -0.130. The van der Waals surface area contributed by atoms with E-state index in [9.17, 15) is 4.79 Å². The van der Waals surface area contributed by atoms with Gasteiger partial charge in [0.25, 0.3) is 5.91 Å². The van der Waals surface area contributed by atoms with Gasteiger partial charge < -0.3 is 24.1 Å². The van der Waals surface area contributed by atoms with Crippen LogP contribution in [-0.4, -0.2) is 73.0 Å². The summed E-state index contributed by atoms with van der Waals surface area (Å²) in [4.78, 5) is 19.2. The van der Waals surface area contributed by atoms with Gasteiger partial charge in [-0.25, -0.2) is 0 Å². The monoisotopic (exact) mass is 607 g/mol. The minimum Gasteiger partial charge on any atom is -0.497 e. The molecule has 0 atom stereocenters. The molecule has 2 aromatic rings. The van der Waals surface area contributed by atoms with Crippen LogP contribution in [0, 0.1) is 23.7 Å². The Labute approximate surface area is 258 Å². The summed E-state index contributed by atoms with van der Waals surface area (Å²) >= 11 is 7.33. The molecule has 1 aromatic carbocycles. The van der Waals surface area contributed by atoms with E-state index in [0.717, 1.165) is 85.8 Å². The van der Waals surface area contributed by atoms with Crippen LogP contribution in [0.15, 0.2) is 33.6 Å². The highest BCUT2D eigenvalue weighted by atomic mass is 32.2. The van der Waals surface area contributed by atoms with Crippen molar-refractivity contribution in [2.24, 2.45) is 23.7 Å². The molecule has 2 saturated heterocycles. The number of furan rings is 1. The largest absolute Gasteiger partial charge is 0.497 e. The molecule has 42 heavy (non-hydrogen) atoms. The van der Waals surface area contributed by atoms with Gasteiger partial charge in [0.1, 0.15) is 27.3 Å². The van der Waals surface area contributed by atoms with Crippen molar-refractivity contribution < 1.29 is 18.7 Å². The molecule has 6 aliphatic rings. The highest BCUT2D eigenvalue weighted by Gasteiger charge is 2.53. The summed E-state index contributed by atoms with van der Waals surface area (Å²) in [6.07, 6.45) is 10.3. The van der Waals surface area contributed by atoms with Gasteiger partial charge in [0.2, 0.25) is 0 Å². The summed E-state index contributed by atoms with van der Waals surface area (Å²) in [5, 5.41) is 3.43. The number of benzene rings is 1. The number of methoxy groups -OCH3 is 2. The normalized spacial score (nSPS) is 30.1. The van der Waals surface area contributed by atoms with Crippen LogP contribution in [0.25, 0.3) is 17.4 Å². The summed E-state index contributed by atoms with van der Waals surface area (Å²) in [5.41, 5.74) is 1.97. The van der Waals surface area contributed by atoms with Gasteiger partial charge in [-0.15, -0.1) is 0 Å². The predicted molar refractivity (Wildman–Crippen MR) is 171 cm³/mol. The first-order valence-corrected chi connectivity index (χ1v) is 16.8. The standard InChI is InChI=1S/C33H41N3O4S2/c1-38-25-5-6-26(28(18-25)39-2)29-17-22(4-3-9-35-10-7-34-8-11-35)27(40-29)19-30-32(37)36(33(41)42-30)31-23-13-20-12-21(15-23)16-24(31)14-20/h5-6,17-21,23-24,31,34H,3-4,7-16H2,1-2H3/b30-19-. The first kappa shape index (κ1) is 28.4. The van der Waals surface area contributed by atoms with Crippen molar-refractivity contribution in [1.29, 1.82) is 0 Å². The molecule has 0 unspecified atom stereocenters. The molecule has 4 saturated carbocycles. The molecule has 4 bridgehead atoms. The van der Waals surface area contributed by atoms with Crippen molar-refractivity contribution in [1.82, 2.24) is 15.1 Å². The van der Waals surface area contributed by atoms with Gasteiger partial charge in [0.05, 0.1) is 24.7 Å². The van der Waals surface area contributed by atoms with Gasteiger partial charge in [-0.3, -0.25) is 9.69 Å². The van der Waals surface area contributed by atoms with Crippen LogP contribution in [0.1, 0.15) is 49.8 Å². The van der Waals surface area contributed by atoms with Gasteiger partial charge in [-0.05, 0) is 98.9 Å². The number of amides is 1. The Bertz CT molecular complexity index is 1350. The molecule has 1 amide bonds. The highest BCUT2D eigenvalue weighted by Crippen LogP contribution is 2.56. The molecule has 1 aromatic heterocycles. The maximum absolute atomic E-state index is 14.0. The van der Waals surface area contributed by atoms with E-state index in [0.29, 0.717) is 26.8 Å². The Morgan fingerprint density at radius 3 is 2.48 bits per heavy atom. The zero-order valence-electron chi connectivity index (χ0n) is 24.6. The number of aryl methyl sites for hydroxylation is 1. The van der Waals surface area contributed by atoms with Gasteiger partial charge in [0, 0.05) is 44.4 Å². The first-order chi connectivity index (χ1) is 20.5. The number of piperazine rings is 1. The van der Waals surface area contributed by atoms with Crippen molar-refractivity contribution >= 4 is 40.3 Å². The molecular weight excluding hydrogens is 567 g/mol. The second kappa shape index (κ2) is 12.0. The SMILES string of the molecule is COc1ccc(-c2cc(CCCN3CCNCC3)c(/C=C3\SC(=S)N(C4C5CC6CC(C5)CC4C6)C3=O)o2)c(OC)c1. The number of hydrogen-bond donors (Lipinski definition) is 1. The number of nitrogens with zero attached hydrogens (tertiary/aromatic N) is 2. The van der Waals surface area contributed by atoms with E-state index in [2.05, 4.69) is 16.3 Å². The summed E-state index contributed by atoms with van der Waals surface area (Å²) < 4.78 is 18.3. The van der Waals surface area contributed by atoms with E-state index in [1.54, 1.807) is 14.2 Å². The van der Waals surface area contributed by atoms with Gasteiger partial charge in [0.15, 0.2) is 0 Å². The number of thioether (sulfide) groups is 1. The number of nitrogens with one attached hydrogen (secondary N) is 1. The van der Waals surface area contributed by atoms with Crippen LogP contribution in [0.3, 0.4) is 0 Å². The van der Waals surface area contributed by atoms with Crippen LogP contribution in [0.4, 0.5) is 0 Å². The summed E-state index contributed by atoms with van der Waals surface area (Å²) in [7, 11) is 3.31. The summed E-state index contributed by atoms with van der Waals surface area (Å²) in [6, 6.07) is 8.14. The third kappa shape index (κ3) is 5.42. The van der Waals surface area contributed by atoms with Gasteiger partial charge >= 0.3 is 0 Å². The minimum absolute atomic E-state index is 0.0641. The van der Waals surface area contributed by atoms with Gasteiger partial charge in [-0.2, -0.15) is 0 Å². The molecule has 224 valence electrons. The van der Waals surface area contributed by atoms with E-state index in [1.165, 1.54) is 43.9 Å². The fourth-order valence-electron chi connectivity index (χ4n) is 8.50. The number of carbonyl (C=O) groups excluding carboxylic acids is 1. The average molecular weight is 608 g/mol. The van der Waals surface area contributed by atoms with Crippen LogP contribution in [-0.2, 0) is 11.2 Å². The fraction of sp³-hybridized carbons (Fsp3) is 0.576. The number of thiocarbonyl (C=S) groups is 1. The Morgan fingerprint density at radius 2 is 1.79 bits per heavy atom. The van der Waals surface area contributed by atoms with E-state index in [1.807, 2.05) is 29.2 Å². The Balaban J connectivity index is 1.17. The molecule has 4 aliphatic carbocycles. The first-order valence-electron chi connectivity index (χ1n) is 15.6. The Kier molecular flexibility index (Phi) is 8.11. The van der Waals surface area contributed by atoms with E-state index < -0.39 is 0 Å². The Hall–Kier alpha value is -2.33. The molecule has 7 nitrogen and oxygen atoms in total. The van der Waals surface area contributed by atoms with Crippen molar-refractivity contribution in [3.63, 3.8) is 0 Å². The zero-order valence-corrected chi connectivity index (χ0v) is 26.2. The van der Waals surface area contributed by atoms with Crippen LogP contribution in [0.5, 0.6) is 11.5 Å². The lowest BCUT2D eigenvalue weighted by Gasteiger charge is -2.56. The van der Waals surface area contributed by atoms with Gasteiger partial charge in [-0.1, -0.05) is 24.0 Å². The molecule has 9 heteroatoms. The molecule has 1 N–H and O–H groups in total. The molecule has 6 fully saturated rings. The summed E-state index contributed by atoms with van der Waals surface area (Å²) in [5.74, 6) is 5.87. The molecule has 0 radical (unpaired) electrons. The summed E-state index contributed by atoms with van der Waals surface area (Å²) in [6.45, 7) is 5.30. The quantitative estimate of drug-likeness (QED) is 0.282. The smallest absolute Gasteiger partial charge is 0.266 e. The second-order valence-corrected chi connectivity index (χ2v) is 14.4. The number of carbonyl (C=O) groups is 1. The van der Waals surface area contributed by atoms with Crippen LogP contribution < -0.4 is 14.8 Å². The molecule has 3 heterocycles. The van der Waals surface area contributed by atoms with E-state index in [-0.39, 0.29) is 11.9 Å². The molecule has 8 rings (SSSR count). The highest BCUT2D eigenvalue weighted by molar-refractivity contribution is 8.26. The maximum Gasteiger partial charge on any atom is 0.266 e. The average Bonchev–Trinajstić information content (AvgIpc) is 3.52. The van der Waals surface area contributed by atoms with Crippen LogP contribution in [0.2, 0.25) is 0 Å². The second-order valence-electron chi connectivity index (χ2n) is 12.7. The molecular formula is C33H41N3O4S2. The van der Waals surface area contributed by atoms with E-state index >= 15 is 0 Å². The molecule has 0 spiro atoms. The molecule has 2 aliphatic heterocycles. The van der Waals surface area contributed by atoms with E-state index in [4.69, 9.17) is 26.1 Å². The minimum atomic E-state index is 0.0641. The fourth-order valence-corrected chi connectivity index (χ4v) is 9.81. The Morgan fingerprint density at radius 1 is 1.05 bits per heavy atom. The van der Waals surface area contributed by atoms with Crippen molar-refractivity contribution in [3.8, 4) is 22.8 Å². The number of ether oxygens (including phenoxy) is 2. The van der Waals surface area contributed by atoms with Crippen LogP contribution >= 0.6 is 24.0 Å². The maximum atomic E-state index is 14.0. The lowest BCUT2D eigenvalue weighted by atomic mass is 9.54.